The van der Waals surface area contributed by atoms with Gasteiger partial charge in [-0.05, 0) is 24.4 Å². The van der Waals surface area contributed by atoms with Crippen molar-refractivity contribution in [2.24, 2.45) is 0 Å². The van der Waals surface area contributed by atoms with E-state index in [9.17, 15) is 9.59 Å². The van der Waals surface area contributed by atoms with Crippen LogP contribution in [0, 0.1) is 0 Å². The Morgan fingerprint density at radius 1 is 1.36 bits per heavy atom. The number of carbonyl (C=O) groups excluding carboxylic acids is 2. The molecule has 0 unspecified atom stereocenters. The number of rotatable bonds is 6. The first-order valence-corrected chi connectivity index (χ1v) is 7.62. The zero-order chi connectivity index (χ0) is 15.9. The van der Waals surface area contributed by atoms with Crippen molar-refractivity contribution in [3.05, 3.63) is 40.7 Å². The highest BCUT2D eigenvalue weighted by Gasteiger charge is 2.11. The van der Waals surface area contributed by atoms with Crippen molar-refractivity contribution in [1.82, 2.24) is 10.3 Å². The molecule has 6 nitrogen and oxygen atoms in total. The number of hydrogen-bond donors (Lipinski definition) is 2. The van der Waals surface area contributed by atoms with Gasteiger partial charge in [-0.2, -0.15) is 0 Å². The van der Waals surface area contributed by atoms with E-state index in [1.807, 2.05) is 24.4 Å². The summed E-state index contributed by atoms with van der Waals surface area (Å²) in [4.78, 5) is 27.8. The van der Waals surface area contributed by atoms with Crippen molar-refractivity contribution in [2.45, 2.75) is 19.9 Å². The second-order valence-corrected chi connectivity index (χ2v) is 5.64. The Labute approximate surface area is 132 Å². The number of hydrogen-bond acceptors (Lipinski definition) is 5. The third-order valence-electron chi connectivity index (χ3n) is 2.76. The Balaban J connectivity index is 1.79. The molecule has 2 rings (SSSR count). The Hall–Kier alpha value is -2.41. The average molecular weight is 319 g/mol. The first-order chi connectivity index (χ1) is 10.5. The van der Waals surface area contributed by atoms with Gasteiger partial charge in [0.05, 0.1) is 17.9 Å². The summed E-state index contributed by atoms with van der Waals surface area (Å²) in [7, 11) is 0. The molecular weight excluding hydrogens is 302 g/mol. The summed E-state index contributed by atoms with van der Waals surface area (Å²) >= 11 is 1.59. The van der Waals surface area contributed by atoms with Gasteiger partial charge in [0, 0.05) is 17.9 Å². The molecule has 0 fully saturated rings. The molecule has 2 N–H and O–H groups in total. The van der Waals surface area contributed by atoms with Crippen LogP contribution < -0.4 is 15.4 Å². The number of thiophene rings is 1. The number of anilines is 1. The predicted molar refractivity (Wildman–Crippen MR) is 84.9 cm³/mol. The Morgan fingerprint density at radius 3 is 2.77 bits per heavy atom. The van der Waals surface area contributed by atoms with E-state index in [1.165, 1.54) is 13.1 Å². The Kier molecular flexibility index (Phi) is 5.48. The summed E-state index contributed by atoms with van der Waals surface area (Å²) in [6.45, 7) is 3.23. The molecule has 2 aromatic rings. The molecular formula is C15H17N3O3S. The maximum Gasteiger partial charge on any atom is 0.258 e. The predicted octanol–water partition coefficient (Wildman–Crippen LogP) is 2.36. The van der Waals surface area contributed by atoms with Crippen LogP contribution >= 0.6 is 11.3 Å². The van der Waals surface area contributed by atoms with Crippen molar-refractivity contribution in [2.75, 3.05) is 11.9 Å². The number of nitrogens with zero attached hydrogens (tertiary/aromatic N) is 1. The number of amides is 2. The van der Waals surface area contributed by atoms with Crippen LogP contribution in [0.4, 0.5) is 5.69 Å². The monoisotopic (exact) mass is 319 g/mol. The first kappa shape index (κ1) is 16.0. The topological polar surface area (TPSA) is 80.3 Å². The molecule has 0 aromatic carbocycles. The van der Waals surface area contributed by atoms with Crippen LogP contribution in [0.25, 0.3) is 0 Å². The van der Waals surface area contributed by atoms with Crippen LogP contribution in [0.15, 0.2) is 35.8 Å². The molecule has 0 aliphatic heterocycles. The van der Waals surface area contributed by atoms with E-state index in [0.717, 1.165) is 4.88 Å². The van der Waals surface area contributed by atoms with Gasteiger partial charge in [-0.25, -0.2) is 4.98 Å². The van der Waals surface area contributed by atoms with Crippen LogP contribution in [0.1, 0.15) is 24.8 Å². The van der Waals surface area contributed by atoms with Crippen LogP contribution in [-0.2, 0) is 9.59 Å². The number of ether oxygens (including phenoxy) is 1. The molecule has 0 bridgehead atoms. The van der Waals surface area contributed by atoms with E-state index < -0.39 is 0 Å². The molecule has 2 heterocycles. The summed E-state index contributed by atoms with van der Waals surface area (Å²) in [6.07, 6.45) is 1.48. The smallest absolute Gasteiger partial charge is 0.258 e. The molecule has 0 saturated carbocycles. The van der Waals surface area contributed by atoms with Crippen molar-refractivity contribution >= 4 is 28.8 Å². The molecule has 22 heavy (non-hydrogen) atoms. The quantitative estimate of drug-likeness (QED) is 0.856. The van der Waals surface area contributed by atoms with Gasteiger partial charge in [0.25, 0.3) is 5.91 Å². The Bertz CT molecular complexity index is 626. The van der Waals surface area contributed by atoms with E-state index in [-0.39, 0.29) is 24.5 Å². The minimum atomic E-state index is -0.214. The fraction of sp³-hybridized carbons (Fsp3) is 0.267. The molecule has 7 heteroatoms. The van der Waals surface area contributed by atoms with Crippen molar-refractivity contribution in [1.29, 1.82) is 0 Å². The second-order valence-electron chi connectivity index (χ2n) is 4.66. The zero-order valence-electron chi connectivity index (χ0n) is 12.3. The van der Waals surface area contributed by atoms with Gasteiger partial charge in [-0.15, -0.1) is 11.3 Å². The Morgan fingerprint density at radius 2 is 2.18 bits per heavy atom. The molecule has 0 radical (unpaired) electrons. The lowest BCUT2D eigenvalue weighted by molar-refractivity contribution is -0.123. The average Bonchev–Trinajstić information content (AvgIpc) is 3.00. The summed E-state index contributed by atoms with van der Waals surface area (Å²) in [5.74, 6) is -0.0564. The molecule has 2 amide bonds. The minimum Gasteiger partial charge on any atom is -0.468 e. The molecule has 0 aliphatic rings. The SMILES string of the molecule is CC(=O)Nc1ccc(OCC(=O)N[C@H](C)c2cccs2)nc1. The molecule has 0 aliphatic carbocycles. The van der Waals surface area contributed by atoms with E-state index in [4.69, 9.17) is 4.74 Å². The van der Waals surface area contributed by atoms with E-state index in [0.29, 0.717) is 11.6 Å². The van der Waals surface area contributed by atoms with Gasteiger partial charge < -0.3 is 15.4 Å². The third-order valence-corrected chi connectivity index (χ3v) is 3.81. The minimum absolute atomic E-state index is 0.0498. The lowest BCUT2D eigenvalue weighted by Gasteiger charge is -2.12. The summed E-state index contributed by atoms with van der Waals surface area (Å²) in [5.41, 5.74) is 0.579. The van der Waals surface area contributed by atoms with Crippen LogP contribution in [0.3, 0.4) is 0 Å². The molecule has 0 spiro atoms. The molecule has 1 atom stereocenters. The van der Waals surface area contributed by atoms with E-state index in [2.05, 4.69) is 15.6 Å². The number of nitrogens with one attached hydrogen (secondary N) is 2. The highest BCUT2D eigenvalue weighted by Crippen LogP contribution is 2.18. The lowest BCUT2D eigenvalue weighted by Crippen LogP contribution is -2.31. The largest absolute Gasteiger partial charge is 0.468 e. The van der Waals surface area contributed by atoms with Gasteiger partial charge in [0.2, 0.25) is 11.8 Å². The van der Waals surface area contributed by atoms with Gasteiger partial charge >= 0.3 is 0 Å². The zero-order valence-corrected chi connectivity index (χ0v) is 13.1. The summed E-state index contributed by atoms with van der Waals surface area (Å²) < 4.78 is 5.31. The third kappa shape index (κ3) is 4.85. The normalized spacial score (nSPS) is 11.5. The number of pyridine rings is 1. The van der Waals surface area contributed by atoms with Crippen molar-refractivity contribution < 1.29 is 14.3 Å². The second kappa shape index (κ2) is 7.56. The molecule has 0 saturated heterocycles. The molecule has 2 aromatic heterocycles. The van der Waals surface area contributed by atoms with Crippen molar-refractivity contribution in [3.8, 4) is 5.88 Å². The lowest BCUT2D eigenvalue weighted by atomic mass is 10.3. The van der Waals surface area contributed by atoms with Crippen LogP contribution in [0.2, 0.25) is 0 Å². The highest BCUT2D eigenvalue weighted by atomic mass is 32.1. The summed E-state index contributed by atoms with van der Waals surface area (Å²) in [5, 5.41) is 7.42. The van der Waals surface area contributed by atoms with Crippen LogP contribution in [0.5, 0.6) is 5.88 Å². The van der Waals surface area contributed by atoms with Gasteiger partial charge in [-0.1, -0.05) is 6.07 Å². The van der Waals surface area contributed by atoms with Gasteiger partial charge in [0.15, 0.2) is 6.61 Å². The molecule has 116 valence electrons. The van der Waals surface area contributed by atoms with Crippen LogP contribution in [-0.4, -0.2) is 23.4 Å². The number of aromatic nitrogens is 1. The standard InChI is InChI=1S/C15H17N3O3S/c1-10(13-4-3-7-22-13)17-14(20)9-21-15-6-5-12(8-16-15)18-11(2)19/h3-8,10H,9H2,1-2H3,(H,17,20)(H,18,19)/t10-/m1/s1. The van der Waals surface area contributed by atoms with E-state index >= 15 is 0 Å². The maximum absolute atomic E-state index is 11.8. The first-order valence-electron chi connectivity index (χ1n) is 6.74. The fourth-order valence-electron chi connectivity index (χ4n) is 1.77. The van der Waals surface area contributed by atoms with Gasteiger partial charge in [-0.3, -0.25) is 9.59 Å². The number of carbonyl (C=O) groups is 2. The van der Waals surface area contributed by atoms with E-state index in [1.54, 1.807) is 23.5 Å². The van der Waals surface area contributed by atoms with Crippen molar-refractivity contribution in [3.63, 3.8) is 0 Å². The van der Waals surface area contributed by atoms with Gasteiger partial charge in [0.1, 0.15) is 0 Å². The summed E-state index contributed by atoms with van der Waals surface area (Å²) in [6, 6.07) is 7.13. The maximum atomic E-state index is 11.8. The fourth-order valence-corrected chi connectivity index (χ4v) is 2.51. The highest BCUT2D eigenvalue weighted by molar-refractivity contribution is 7.10.